The van der Waals surface area contributed by atoms with E-state index in [-0.39, 0.29) is 11.4 Å². The van der Waals surface area contributed by atoms with Crippen molar-refractivity contribution in [1.29, 1.82) is 5.26 Å². The van der Waals surface area contributed by atoms with E-state index in [4.69, 9.17) is 5.26 Å². The minimum absolute atomic E-state index is 0.175. The average Bonchev–Trinajstić information content (AvgIpc) is 2.91. The van der Waals surface area contributed by atoms with Crippen LogP contribution in [0.15, 0.2) is 29.0 Å². The lowest BCUT2D eigenvalue weighted by atomic mass is 10.2. The van der Waals surface area contributed by atoms with Crippen LogP contribution in [0.5, 0.6) is 0 Å². The third kappa shape index (κ3) is 3.26. The molecule has 0 bridgehead atoms. The van der Waals surface area contributed by atoms with E-state index in [9.17, 15) is 10.1 Å². The SMILES string of the molecule is N#Cc1nc(NCCc2ccsc2)ccc1[N+](=O)[O-]. The Hall–Kier alpha value is -2.46. The zero-order chi connectivity index (χ0) is 13.7. The predicted molar refractivity (Wildman–Crippen MR) is 72.1 cm³/mol. The number of rotatable bonds is 5. The number of hydrogen-bond donors (Lipinski definition) is 1. The summed E-state index contributed by atoms with van der Waals surface area (Å²) in [5.41, 5.74) is 0.774. The molecule has 0 saturated carbocycles. The summed E-state index contributed by atoms with van der Waals surface area (Å²) in [6.07, 6.45) is 0.837. The number of aromatic nitrogens is 1. The summed E-state index contributed by atoms with van der Waals surface area (Å²) in [7, 11) is 0. The maximum Gasteiger partial charge on any atom is 0.305 e. The Morgan fingerprint density at radius 2 is 2.32 bits per heavy atom. The molecule has 0 aromatic carbocycles. The zero-order valence-corrected chi connectivity index (χ0v) is 10.7. The molecule has 2 heterocycles. The topological polar surface area (TPSA) is 91.8 Å². The molecule has 19 heavy (non-hydrogen) atoms. The van der Waals surface area contributed by atoms with Crippen LogP contribution in [0, 0.1) is 21.4 Å². The van der Waals surface area contributed by atoms with Gasteiger partial charge in [0.25, 0.3) is 0 Å². The van der Waals surface area contributed by atoms with Gasteiger partial charge in [-0.1, -0.05) is 0 Å². The second-order valence-electron chi connectivity index (χ2n) is 3.74. The van der Waals surface area contributed by atoms with Gasteiger partial charge in [-0.3, -0.25) is 10.1 Å². The number of pyridine rings is 1. The smallest absolute Gasteiger partial charge is 0.305 e. The van der Waals surface area contributed by atoms with Crippen LogP contribution < -0.4 is 5.32 Å². The van der Waals surface area contributed by atoms with E-state index >= 15 is 0 Å². The van der Waals surface area contributed by atoms with E-state index in [0.29, 0.717) is 12.4 Å². The number of thiophene rings is 1. The summed E-state index contributed by atoms with van der Waals surface area (Å²) < 4.78 is 0. The lowest BCUT2D eigenvalue weighted by Gasteiger charge is -2.04. The van der Waals surface area contributed by atoms with Gasteiger partial charge in [-0.2, -0.15) is 16.6 Å². The molecule has 2 aromatic heterocycles. The molecule has 0 aliphatic rings. The van der Waals surface area contributed by atoms with Gasteiger partial charge >= 0.3 is 5.69 Å². The first kappa shape index (κ1) is 13.0. The van der Waals surface area contributed by atoms with E-state index in [1.807, 2.05) is 11.4 Å². The van der Waals surface area contributed by atoms with Gasteiger partial charge in [-0.15, -0.1) is 0 Å². The molecule has 2 rings (SSSR count). The summed E-state index contributed by atoms with van der Waals surface area (Å²) >= 11 is 1.64. The summed E-state index contributed by atoms with van der Waals surface area (Å²) in [5.74, 6) is 0.470. The van der Waals surface area contributed by atoms with Crippen molar-refractivity contribution in [3.05, 3.63) is 50.3 Å². The van der Waals surface area contributed by atoms with Crippen LogP contribution in [0.2, 0.25) is 0 Å². The molecule has 0 spiro atoms. The zero-order valence-electron chi connectivity index (χ0n) is 9.87. The molecule has 7 heteroatoms. The van der Waals surface area contributed by atoms with E-state index in [1.165, 1.54) is 17.7 Å². The quantitative estimate of drug-likeness (QED) is 0.668. The minimum atomic E-state index is -0.610. The summed E-state index contributed by atoms with van der Waals surface area (Å²) in [6.45, 7) is 0.659. The van der Waals surface area contributed by atoms with E-state index < -0.39 is 4.92 Å². The molecule has 0 aliphatic heterocycles. The van der Waals surface area contributed by atoms with Crippen LogP contribution in [0.25, 0.3) is 0 Å². The molecule has 0 saturated heterocycles. The summed E-state index contributed by atoms with van der Waals surface area (Å²) in [4.78, 5) is 14.0. The molecular weight excluding hydrogens is 264 g/mol. The fourth-order valence-corrected chi connectivity index (χ4v) is 2.25. The van der Waals surface area contributed by atoms with Gasteiger partial charge in [-0.25, -0.2) is 4.98 Å². The molecule has 0 radical (unpaired) electrons. The van der Waals surface area contributed by atoms with Crippen molar-refractivity contribution in [2.75, 3.05) is 11.9 Å². The maximum absolute atomic E-state index is 10.7. The molecule has 0 unspecified atom stereocenters. The first-order chi connectivity index (χ1) is 9.20. The molecule has 0 atom stereocenters. The highest BCUT2D eigenvalue weighted by molar-refractivity contribution is 7.07. The monoisotopic (exact) mass is 274 g/mol. The van der Waals surface area contributed by atoms with E-state index in [1.54, 1.807) is 17.4 Å². The fraction of sp³-hybridized carbons (Fsp3) is 0.167. The van der Waals surface area contributed by atoms with Crippen LogP contribution in [0.3, 0.4) is 0 Å². The number of anilines is 1. The first-order valence-electron chi connectivity index (χ1n) is 5.51. The van der Waals surface area contributed by atoms with Crippen molar-refractivity contribution in [1.82, 2.24) is 4.98 Å². The molecule has 1 N–H and O–H groups in total. The summed E-state index contributed by atoms with van der Waals surface area (Å²) in [6, 6.07) is 6.56. The second-order valence-corrected chi connectivity index (χ2v) is 4.52. The van der Waals surface area contributed by atoms with Gasteiger partial charge in [0.1, 0.15) is 11.9 Å². The molecular formula is C12H10N4O2S. The van der Waals surface area contributed by atoms with Crippen molar-refractivity contribution in [3.8, 4) is 6.07 Å². The maximum atomic E-state index is 10.7. The third-order valence-electron chi connectivity index (χ3n) is 2.48. The number of hydrogen-bond acceptors (Lipinski definition) is 6. The van der Waals surface area contributed by atoms with Crippen molar-refractivity contribution in [2.24, 2.45) is 0 Å². The highest BCUT2D eigenvalue weighted by Gasteiger charge is 2.15. The van der Waals surface area contributed by atoms with Crippen molar-refractivity contribution in [3.63, 3.8) is 0 Å². The molecule has 2 aromatic rings. The third-order valence-corrected chi connectivity index (χ3v) is 3.21. The number of nitrogens with zero attached hydrogens (tertiary/aromatic N) is 3. The van der Waals surface area contributed by atoms with Gasteiger partial charge < -0.3 is 5.32 Å². The first-order valence-corrected chi connectivity index (χ1v) is 6.45. The Labute approximate surface area is 113 Å². The molecule has 0 fully saturated rings. The highest BCUT2D eigenvalue weighted by Crippen LogP contribution is 2.18. The minimum Gasteiger partial charge on any atom is -0.370 e. The van der Waals surface area contributed by atoms with Crippen LogP contribution in [-0.2, 0) is 6.42 Å². The Kier molecular flexibility index (Phi) is 4.05. The predicted octanol–water partition coefficient (Wildman–Crippen LogP) is 2.58. The Balaban J connectivity index is 2.01. The number of nitrogens with one attached hydrogen (secondary N) is 1. The van der Waals surface area contributed by atoms with Gasteiger partial charge in [0.2, 0.25) is 5.69 Å². The fourth-order valence-electron chi connectivity index (χ4n) is 1.55. The van der Waals surface area contributed by atoms with Crippen molar-refractivity contribution >= 4 is 22.8 Å². The number of nitriles is 1. The lowest BCUT2D eigenvalue weighted by Crippen LogP contribution is -2.07. The van der Waals surface area contributed by atoms with Gasteiger partial charge in [0.15, 0.2) is 0 Å². The number of nitro groups is 1. The van der Waals surface area contributed by atoms with Crippen LogP contribution in [0.4, 0.5) is 11.5 Å². The average molecular weight is 274 g/mol. The normalized spacial score (nSPS) is 9.84. The van der Waals surface area contributed by atoms with Gasteiger partial charge in [0, 0.05) is 12.6 Å². The molecule has 0 amide bonds. The molecule has 6 nitrogen and oxygen atoms in total. The molecule has 0 aliphatic carbocycles. The van der Waals surface area contributed by atoms with E-state index in [0.717, 1.165) is 6.42 Å². The van der Waals surface area contributed by atoms with Crippen molar-refractivity contribution < 1.29 is 4.92 Å². The van der Waals surface area contributed by atoms with Crippen molar-refractivity contribution in [2.45, 2.75) is 6.42 Å². The summed E-state index contributed by atoms with van der Waals surface area (Å²) in [5, 5.41) is 26.6. The Morgan fingerprint density at radius 3 is 2.95 bits per heavy atom. The highest BCUT2D eigenvalue weighted by atomic mass is 32.1. The largest absolute Gasteiger partial charge is 0.370 e. The van der Waals surface area contributed by atoms with Crippen LogP contribution >= 0.6 is 11.3 Å². The lowest BCUT2D eigenvalue weighted by molar-refractivity contribution is -0.385. The van der Waals surface area contributed by atoms with Gasteiger partial charge in [-0.05, 0) is 34.9 Å². The van der Waals surface area contributed by atoms with Crippen LogP contribution in [-0.4, -0.2) is 16.5 Å². The van der Waals surface area contributed by atoms with Crippen LogP contribution in [0.1, 0.15) is 11.3 Å². The Bertz CT molecular complexity index is 619. The Morgan fingerprint density at radius 1 is 1.47 bits per heavy atom. The van der Waals surface area contributed by atoms with E-state index in [2.05, 4.69) is 15.7 Å². The van der Waals surface area contributed by atoms with Gasteiger partial charge in [0.05, 0.1) is 4.92 Å². The second kappa shape index (κ2) is 5.93. The molecule has 96 valence electrons. The standard InChI is InChI=1S/C12H10N4O2S/c13-7-10-11(16(17)18)1-2-12(15-10)14-5-3-9-4-6-19-8-9/h1-2,4,6,8H,3,5H2,(H,14,15).